The topological polar surface area (TPSA) is 78.9 Å². The molecule has 0 spiro atoms. The number of esters is 3. The van der Waals surface area contributed by atoms with Gasteiger partial charge in [0.15, 0.2) is 6.10 Å². The van der Waals surface area contributed by atoms with E-state index in [2.05, 4.69) is 215 Å². The smallest absolute Gasteiger partial charge is 0.306 e. The van der Waals surface area contributed by atoms with E-state index in [9.17, 15) is 14.4 Å². The van der Waals surface area contributed by atoms with Crippen LogP contribution in [-0.4, -0.2) is 37.2 Å². The third-order valence-corrected chi connectivity index (χ3v) is 12.8. The fraction of sp³-hybridized carbons (Fsp3) is 0.519. The summed E-state index contributed by atoms with van der Waals surface area (Å²) in [7, 11) is 0. The van der Waals surface area contributed by atoms with Gasteiger partial charge in [-0.1, -0.05) is 272 Å². The van der Waals surface area contributed by atoms with Crippen LogP contribution < -0.4 is 0 Å². The summed E-state index contributed by atoms with van der Waals surface area (Å²) in [6.07, 6.45) is 106. The first-order chi connectivity index (χ1) is 41.0. The van der Waals surface area contributed by atoms with E-state index in [1.54, 1.807) is 0 Å². The van der Waals surface area contributed by atoms with Gasteiger partial charge >= 0.3 is 17.9 Å². The SMILES string of the molecule is CC/C=C\C/C=C\C/C=C\C/C=C\C/C=C\C/C=C\C/C=C\C/C=C\CCCCCCC(=O)OCC(COC(=O)CCCCCCCCC/C=C\C/C=C\C/C=C\CC)OC(=O)CC/C=C\C/C=C\C/C=C\C/C=C\C/C=C\C/C=C\CC. The van der Waals surface area contributed by atoms with Crippen molar-refractivity contribution in [2.45, 2.75) is 245 Å². The summed E-state index contributed by atoms with van der Waals surface area (Å²) in [5.41, 5.74) is 0. The standard InChI is InChI=1S/C77H116O6/c1-4-7-10-13-16-19-22-25-28-31-33-34-35-36-37-38-39-40-41-42-44-46-49-52-55-58-61-64-67-70-76(79)82-73-74(72-81-75(78)69-66-63-60-57-54-51-48-45-30-27-24-21-18-15-12-9-6-3)83-77(80)71-68-65-62-59-56-53-50-47-43-32-29-26-23-20-17-14-11-8-5-2/h7-12,16-21,25-30,33-34,36-37,39-40,42-44,47,49,52-53,56,62,65,74H,4-6,13-15,22-24,31-32,35,38,41,45-46,48,50-51,54-55,57-61,63-64,66-73H2,1-3H3/b10-7-,11-8-,12-9-,19-16-,20-17-,21-18-,28-25-,29-26-,30-27-,34-33-,37-36-,40-39-,44-42-,47-43-,52-49-,56-53-,65-62-. The first-order valence-electron chi connectivity index (χ1n) is 32.6. The van der Waals surface area contributed by atoms with Crippen LogP contribution in [0.4, 0.5) is 0 Å². The third-order valence-electron chi connectivity index (χ3n) is 12.8. The van der Waals surface area contributed by atoms with E-state index in [4.69, 9.17) is 14.2 Å². The van der Waals surface area contributed by atoms with Crippen LogP contribution in [0.15, 0.2) is 207 Å². The molecule has 0 saturated carbocycles. The molecule has 0 aliphatic heterocycles. The zero-order valence-electron chi connectivity index (χ0n) is 52.6. The molecule has 0 saturated heterocycles. The lowest BCUT2D eigenvalue weighted by Gasteiger charge is -2.18. The number of carbonyl (C=O) groups is 3. The van der Waals surface area contributed by atoms with Crippen LogP contribution in [0.2, 0.25) is 0 Å². The number of allylic oxidation sites excluding steroid dienone is 34. The fourth-order valence-electron chi connectivity index (χ4n) is 8.03. The van der Waals surface area contributed by atoms with Crippen molar-refractivity contribution in [3.05, 3.63) is 207 Å². The molecule has 0 aromatic carbocycles. The maximum Gasteiger partial charge on any atom is 0.306 e. The van der Waals surface area contributed by atoms with Crippen molar-refractivity contribution in [1.29, 1.82) is 0 Å². The van der Waals surface area contributed by atoms with Crippen molar-refractivity contribution < 1.29 is 28.6 Å². The fourth-order valence-corrected chi connectivity index (χ4v) is 8.03. The third kappa shape index (κ3) is 66.7. The number of ether oxygens (including phenoxy) is 3. The van der Waals surface area contributed by atoms with Crippen molar-refractivity contribution in [3.8, 4) is 0 Å². The zero-order valence-corrected chi connectivity index (χ0v) is 52.6. The van der Waals surface area contributed by atoms with Crippen LogP contribution in [-0.2, 0) is 28.6 Å². The first-order valence-corrected chi connectivity index (χ1v) is 32.6. The molecule has 0 rings (SSSR count). The summed E-state index contributed by atoms with van der Waals surface area (Å²) in [5, 5.41) is 0. The molecule has 0 bridgehead atoms. The highest BCUT2D eigenvalue weighted by Crippen LogP contribution is 2.13. The molecule has 0 radical (unpaired) electrons. The van der Waals surface area contributed by atoms with Crippen molar-refractivity contribution in [1.82, 2.24) is 0 Å². The molecule has 0 aliphatic carbocycles. The molecule has 6 heteroatoms. The van der Waals surface area contributed by atoms with Gasteiger partial charge in [-0.25, -0.2) is 0 Å². The first kappa shape index (κ1) is 77.0. The minimum Gasteiger partial charge on any atom is -0.462 e. The van der Waals surface area contributed by atoms with Crippen LogP contribution in [0.25, 0.3) is 0 Å². The predicted octanol–water partition coefficient (Wildman–Crippen LogP) is 22.8. The largest absolute Gasteiger partial charge is 0.462 e. The Morgan fingerprint density at radius 3 is 0.723 bits per heavy atom. The molecule has 6 nitrogen and oxygen atoms in total. The number of rotatable bonds is 56. The van der Waals surface area contributed by atoms with Gasteiger partial charge in [-0.2, -0.15) is 0 Å². The molecular formula is C77H116O6. The van der Waals surface area contributed by atoms with Gasteiger partial charge in [0, 0.05) is 19.3 Å². The Hall–Kier alpha value is -6.01. The van der Waals surface area contributed by atoms with E-state index < -0.39 is 12.1 Å². The second-order valence-corrected chi connectivity index (χ2v) is 20.5. The van der Waals surface area contributed by atoms with Crippen LogP contribution in [0.3, 0.4) is 0 Å². The average molecular weight is 1140 g/mol. The van der Waals surface area contributed by atoms with E-state index in [1.165, 1.54) is 19.3 Å². The van der Waals surface area contributed by atoms with Gasteiger partial charge in [-0.05, 0) is 154 Å². The van der Waals surface area contributed by atoms with Gasteiger partial charge in [0.1, 0.15) is 13.2 Å². The molecule has 0 fully saturated rings. The van der Waals surface area contributed by atoms with E-state index in [0.29, 0.717) is 19.3 Å². The lowest BCUT2D eigenvalue weighted by Crippen LogP contribution is -2.30. The number of hydrogen-bond acceptors (Lipinski definition) is 6. The Kier molecular flexibility index (Phi) is 63.5. The normalized spacial score (nSPS) is 13.5. The molecule has 0 heterocycles. The zero-order chi connectivity index (χ0) is 59.9. The van der Waals surface area contributed by atoms with Crippen molar-refractivity contribution in [2.24, 2.45) is 0 Å². The van der Waals surface area contributed by atoms with Crippen molar-refractivity contribution >= 4 is 17.9 Å². The highest BCUT2D eigenvalue weighted by molar-refractivity contribution is 5.71. The second kappa shape index (κ2) is 68.5. The molecule has 460 valence electrons. The number of unbranched alkanes of at least 4 members (excludes halogenated alkanes) is 11. The van der Waals surface area contributed by atoms with E-state index >= 15 is 0 Å². The summed E-state index contributed by atoms with van der Waals surface area (Å²) >= 11 is 0. The van der Waals surface area contributed by atoms with E-state index in [1.807, 2.05) is 12.2 Å². The summed E-state index contributed by atoms with van der Waals surface area (Å²) < 4.78 is 16.8. The Labute approximate surface area is 509 Å². The maximum absolute atomic E-state index is 12.9. The molecule has 0 aliphatic rings. The van der Waals surface area contributed by atoms with Crippen LogP contribution in [0, 0.1) is 0 Å². The molecule has 83 heavy (non-hydrogen) atoms. The van der Waals surface area contributed by atoms with Gasteiger partial charge < -0.3 is 14.2 Å². The van der Waals surface area contributed by atoms with Gasteiger partial charge in [0.05, 0.1) is 0 Å². The summed E-state index contributed by atoms with van der Waals surface area (Å²) in [6, 6.07) is 0. The van der Waals surface area contributed by atoms with E-state index in [0.717, 1.165) is 173 Å². The Morgan fingerprint density at radius 2 is 0.458 bits per heavy atom. The minimum absolute atomic E-state index is 0.133. The average Bonchev–Trinajstić information content (AvgIpc) is 3.49. The minimum atomic E-state index is -0.849. The number of carbonyl (C=O) groups excluding carboxylic acids is 3. The summed E-state index contributed by atoms with van der Waals surface area (Å²) in [6.45, 7) is 6.19. The number of hydrogen-bond donors (Lipinski definition) is 0. The second-order valence-electron chi connectivity index (χ2n) is 20.5. The van der Waals surface area contributed by atoms with Crippen LogP contribution >= 0.6 is 0 Å². The van der Waals surface area contributed by atoms with Gasteiger partial charge in [-0.15, -0.1) is 0 Å². The van der Waals surface area contributed by atoms with Gasteiger partial charge in [0.25, 0.3) is 0 Å². The Bertz CT molecular complexity index is 2030. The molecule has 0 aromatic heterocycles. The van der Waals surface area contributed by atoms with Crippen LogP contribution in [0.1, 0.15) is 239 Å². The van der Waals surface area contributed by atoms with Crippen LogP contribution in [0.5, 0.6) is 0 Å². The quantitative estimate of drug-likeness (QED) is 0.0261. The summed E-state index contributed by atoms with van der Waals surface area (Å²) in [5.74, 6) is -1.06. The Balaban J connectivity index is 4.56. The van der Waals surface area contributed by atoms with Crippen molar-refractivity contribution in [3.63, 3.8) is 0 Å². The van der Waals surface area contributed by atoms with Gasteiger partial charge in [-0.3, -0.25) is 14.4 Å². The molecule has 0 N–H and O–H groups in total. The highest BCUT2D eigenvalue weighted by Gasteiger charge is 2.19. The highest BCUT2D eigenvalue weighted by atomic mass is 16.6. The monoisotopic (exact) mass is 1140 g/mol. The molecule has 0 aromatic rings. The van der Waals surface area contributed by atoms with Crippen molar-refractivity contribution in [2.75, 3.05) is 13.2 Å². The predicted molar refractivity (Wildman–Crippen MR) is 361 cm³/mol. The molecule has 1 atom stereocenters. The Morgan fingerprint density at radius 1 is 0.241 bits per heavy atom. The maximum atomic E-state index is 12.9. The van der Waals surface area contributed by atoms with Gasteiger partial charge in [0.2, 0.25) is 0 Å². The lowest BCUT2D eigenvalue weighted by molar-refractivity contribution is -0.166. The summed E-state index contributed by atoms with van der Waals surface area (Å²) in [4.78, 5) is 38.3. The molecule has 1 unspecified atom stereocenters. The molecule has 0 amide bonds. The molecular weight excluding hydrogens is 1020 g/mol. The lowest BCUT2D eigenvalue weighted by atomic mass is 10.1. The van der Waals surface area contributed by atoms with E-state index in [-0.39, 0.29) is 31.6 Å².